The summed E-state index contributed by atoms with van der Waals surface area (Å²) >= 11 is 6.23. The SMILES string of the molecule is O=C1[C@@H](NC2CCOCC2)CCCN1c1ccccc1Cl. The van der Waals surface area contributed by atoms with Gasteiger partial charge in [-0.2, -0.15) is 0 Å². The molecule has 1 atom stereocenters. The number of halogens is 1. The van der Waals surface area contributed by atoms with Gasteiger partial charge >= 0.3 is 0 Å². The van der Waals surface area contributed by atoms with Crippen LogP contribution in [0.15, 0.2) is 24.3 Å². The number of amides is 1. The van der Waals surface area contributed by atoms with Gasteiger partial charge in [-0.15, -0.1) is 0 Å². The third-order valence-corrected chi connectivity index (χ3v) is 4.56. The summed E-state index contributed by atoms with van der Waals surface area (Å²) in [5.74, 6) is 0.140. The number of nitrogens with zero attached hydrogens (tertiary/aromatic N) is 1. The highest BCUT2D eigenvalue weighted by Crippen LogP contribution is 2.28. The van der Waals surface area contributed by atoms with Gasteiger partial charge in [0.25, 0.3) is 0 Å². The Balaban J connectivity index is 1.70. The molecule has 2 heterocycles. The molecule has 0 aliphatic carbocycles. The molecule has 2 aliphatic heterocycles. The number of hydrogen-bond donors (Lipinski definition) is 1. The van der Waals surface area contributed by atoms with Gasteiger partial charge in [0, 0.05) is 25.8 Å². The number of piperidine rings is 1. The standard InChI is InChI=1S/C16H21ClN2O2/c17-13-4-1-2-6-15(13)19-9-3-5-14(16(19)20)18-12-7-10-21-11-8-12/h1-2,4,6,12,14,18H,3,5,7-11H2/t14-/m0/s1. The van der Waals surface area contributed by atoms with Crippen molar-refractivity contribution in [3.05, 3.63) is 29.3 Å². The average Bonchev–Trinajstić information content (AvgIpc) is 2.51. The van der Waals surface area contributed by atoms with Crippen LogP contribution in [-0.4, -0.2) is 37.7 Å². The number of benzene rings is 1. The molecule has 1 N–H and O–H groups in total. The number of nitrogens with one attached hydrogen (secondary N) is 1. The fourth-order valence-electron chi connectivity index (χ4n) is 3.09. The second-order valence-electron chi connectivity index (χ2n) is 5.69. The topological polar surface area (TPSA) is 41.6 Å². The largest absolute Gasteiger partial charge is 0.381 e. The van der Waals surface area contributed by atoms with E-state index in [0.717, 1.165) is 51.1 Å². The molecule has 2 saturated heterocycles. The summed E-state index contributed by atoms with van der Waals surface area (Å²) in [4.78, 5) is 14.5. The lowest BCUT2D eigenvalue weighted by atomic mass is 10.0. The first-order valence-electron chi connectivity index (χ1n) is 7.65. The lowest BCUT2D eigenvalue weighted by Gasteiger charge is -2.36. The molecule has 4 nitrogen and oxygen atoms in total. The number of para-hydroxylation sites is 1. The van der Waals surface area contributed by atoms with E-state index in [1.54, 1.807) is 0 Å². The monoisotopic (exact) mass is 308 g/mol. The minimum absolute atomic E-state index is 0.0990. The zero-order valence-corrected chi connectivity index (χ0v) is 12.8. The molecule has 3 rings (SSSR count). The number of hydrogen-bond acceptors (Lipinski definition) is 3. The highest BCUT2D eigenvalue weighted by molar-refractivity contribution is 6.33. The Morgan fingerprint density at radius 1 is 1.19 bits per heavy atom. The molecule has 1 amide bonds. The van der Waals surface area contributed by atoms with Crippen LogP contribution in [0.3, 0.4) is 0 Å². The fourth-order valence-corrected chi connectivity index (χ4v) is 3.33. The van der Waals surface area contributed by atoms with Crippen LogP contribution in [0.2, 0.25) is 5.02 Å². The molecule has 0 bridgehead atoms. The maximum absolute atomic E-state index is 12.7. The summed E-state index contributed by atoms with van der Waals surface area (Å²) in [6, 6.07) is 7.84. The Kier molecular flexibility index (Phi) is 4.78. The van der Waals surface area contributed by atoms with E-state index in [1.165, 1.54) is 0 Å². The predicted molar refractivity (Wildman–Crippen MR) is 83.8 cm³/mol. The molecule has 1 aromatic carbocycles. The van der Waals surface area contributed by atoms with Crippen molar-refractivity contribution in [2.45, 2.75) is 37.8 Å². The van der Waals surface area contributed by atoms with E-state index in [-0.39, 0.29) is 11.9 Å². The van der Waals surface area contributed by atoms with E-state index in [0.29, 0.717) is 11.1 Å². The summed E-state index contributed by atoms with van der Waals surface area (Å²) in [7, 11) is 0. The molecule has 1 aromatic rings. The Morgan fingerprint density at radius 3 is 2.71 bits per heavy atom. The van der Waals surface area contributed by atoms with Crippen LogP contribution >= 0.6 is 11.6 Å². The third kappa shape index (κ3) is 3.39. The molecule has 0 spiro atoms. The van der Waals surface area contributed by atoms with Crippen LogP contribution in [0.1, 0.15) is 25.7 Å². The molecule has 21 heavy (non-hydrogen) atoms. The minimum atomic E-state index is -0.0990. The normalized spacial score (nSPS) is 24.3. The number of carbonyl (C=O) groups excluding carboxylic acids is 1. The quantitative estimate of drug-likeness (QED) is 0.933. The van der Waals surface area contributed by atoms with Crippen LogP contribution in [0, 0.1) is 0 Å². The van der Waals surface area contributed by atoms with Gasteiger partial charge in [0.15, 0.2) is 0 Å². The van der Waals surface area contributed by atoms with E-state index in [1.807, 2.05) is 29.2 Å². The lowest BCUT2D eigenvalue weighted by Crippen LogP contribution is -2.54. The molecule has 0 unspecified atom stereocenters. The van der Waals surface area contributed by atoms with Gasteiger partial charge in [-0.1, -0.05) is 23.7 Å². The van der Waals surface area contributed by atoms with Crippen molar-refractivity contribution in [2.75, 3.05) is 24.7 Å². The number of rotatable bonds is 3. The lowest BCUT2D eigenvalue weighted by molar-refractivity contribution is -0.122. The van der Waals surface area contributed by atoms with Gasteiger partial charge in [0.2, 0.25) is 5.91 Å². The first kappa shape index (κ1) is 14.8. The van der Waals surface area contributed by atoms with Crippen molar-refractivity contribution in [2.24, 2.45) is 0 Å². The summed E-state index contributed by atoms with van der Waals surface area (Å²) in [6.07, 6.45) is 3.86. The van der Waals surface area contributed by atoms with Crippen LogP contribution in [0.5, 0.6) is 0 Å². The van der Waals surface area contributed by atoms with E-state index >= 15 is 0 Å². The molecule has 114 valence electrons. The van der Waals surface area contributed by atoms with Crippen molar-refractivity contribution in [1.82, 2.24) is 5.32 Å². The first-order chi connectivity index (χ1) is 10.3. The fraction of sp³-hybridized carbons (Fsp3) is 0.562. The van der Waals surface area contributed by atoms with Gasteiger partial charge in [0.1, 0.15) is 0 Å². The van der Waals surface area contributed by atoms with Crippen LogP contribution in [0.4, 0.5) is 5.69 Å². The van der Waals surface area contributed by atoms with Crippen LogP contribution in [0.25, 0.3) is 0 Å². The summed E-state index contributed by atoms with van der Waals surface area (Å²) < 4.78 is 5.37. The Morgan fingerprint density at radius 2 is 1.95 bits per heavy atom. The maximum atomic E-state index is 12.7. The Bertz CT molecular complexity index is 503. The van der Waals surface area contributed by atoms with Crippen molar-refractivity contribution in [3.8, 4) is 0 Å². The zero-order chi connectivity index (χ0) is 14.7. The molecule has 5 heteroatoms. The number of carbonyl (C=O) groups is 1. The molecular formula is C16H21ClN2O2. The van der Waals surface area contributed by atoms with Gasteiger partial charge in [-0.25, -0.2) is 0 Å². The molecule has 0 aromatic heterocycles. The van der Waals surface area contributed by atoms with Crippen LogP contribution < -0.4 is 10.2 Å². The van der Waals surface area contributed by atoms with Gasteiger partial charge in [0.05, 0.1) is 16.8 Å². The first-order valence-corrected chi connectivity index (χ1v) is 8.03. The van der Waals surface area contributed by atoms with Gasteiger partial charge < -0.3 is 15.0 Å². The molecule has 2 fully saturated rings. The molecule has 0 saturated carbocycles. The minimum Gasteiger partial charge on any atom is -0.381 e. The maximum Gasteiger partial charge on any atom is 0.244 e. The Hall–Kier alpha value is -1.10. The van der Waals surface area contributed by atoms with E-state index in [9.17, 15) is 4.79 Å². The highest BCUT2D eigenvalue weighted by atomic mass is 35.5. The van der Waals surface area contributed by atoms with Crippen LogP contribution in [-0.2, 0) is 9.53 Å². The zero-order valence-electron chi connectivity index (χ0n) is 12.1. The summed E-state index contributed by atoms with van der Waals surface area (Å²) in [5.41, 5.74) is 0.822. The number of anilines is 1. The van der Waals surface area contributed by atoms with Crippen molar-refractivity contribution < 1.29 is 9.53 Å². The van der Waals surface area contributed by atoms with E-state index in [2.05, 4.69) is 5.32 Å². The molecule has 0 radical (unpaired) electrons. The van der Waals surface area contributed by atoms with Crippen molar-refractivity contribution in [1.29, 1.82) is 0 Å². The molecule has 2 aliphatic rings. The highest BCUT2D eigenvalue weighted by Gasteiger charge is 2.32. The van der Waals surface area contributed by atoms with Gasteiger partial charge in [-0.3, -0.25) is 4.79 Å². The van der Waals surface area contributed by atoms with Crippen molar-refractivity contribution >= 4 is 23.2 Å². The summed E-state index contributed by atoms with van der Waals surface area (Å²) in [5, 5.41) is 4.15. The predicted octanol–water partition coefficient (Wildman–Crippen LogP) is 2.60. The van der Waals surface area contributed by atoms with E-state index in [4.69, 9.17) is 16.3 Å². The van der Waals surface area contributed by atoms with Gasteiger partial charge in [-0.05, 0) is 37.8 Å². The third-order valence-electron chi connectivity index (χ3n) is 4.24. The van der Waals surface area contributed by atoms with Crippen molar-refractivity contribution in [3.63, 3.8) is 0 Å². The second-order valence-corrected chi connectivity index (χ2v) is 6.10. The van der Waals surface area contributed by atoms with E-state index < -0.39 is 0 Å². The Labute approximate surface area is 130 Å². The average molecular weight is 309 g/mol. The smallest absolute Gasteiger partial charge is 0.244 e. The summed E-state index contributed by atoms with van der Waals surface area (Å²) in [6.45, 7) is 2.31. The molecular weight excluding hydrogens is 288 g/mol. The second kappa shape index (κ2) is 6.77. The number of ether oxygens (including phenoxy) is 1.